The van der Waals surface area contributed by atoms with E-state index in [1.165, 1.54) is 6.20 Å². The highest BCUT2D eigenvalue weighted by Gasteiger charge is 2.06. The third-order valence-corrected chi connectivity index (χ3v) is 2.01. The van der Waals surface area contributed by atoms with Crippen LogP contribution in [0.15, 0.2) is 24.4 Å². The highest BCUT2D eigenvalue weighted by atomic mass is 35.7. The first-order chi connectivity index (χ1) is 5.08. The van der Waals surface area contributed by atoms with Gasteiger partial charge >= 0.3 is 0 Å². The van der Waals surface area contributed by atoms with Gasteiger partial charge in [0.25, 0.3) is 0 Å². The highest BCUT2D eigenvalue weighted by molar-refractivity contribution is 8.13. The summed E-state index contributed by atoms with van der Waals surface area (Å²) in [5, 5.41) is 0. The lowest BCUT2D eigenvalue weighted by molar-refractivity contribution is 0.608. The quantitative estimate of drug-likeness (QED) is 0.659. The van der Waals surface area contributed by atoms with Crippen LogP contribution in [0.2, 0.25) is 0 Å². The summed E-state index contributed by atoms with van der Waals surface area (Å²) in [6, 6.07) is 5.04. The largest absolute Gasteiger partial charge is 0.260 e. The summed E-state index contributed by atoms with van der Waals surface area (Å²) >= 11 is 0. The van der Waals surface area contributed by atoms with Gasteiger partial charge in [-0.15, -0.1) is 0 Å². The Bertz CT molecular complexity index is 322. The Morgan fingerprint density at radius 2 is 2.18 bits per heavy atom. The van der Waals surface area contributed by atoms with Gasteiger partial charge < -0.3 is 0 Å². The van der Waals surface area contributed by atoms with Crippen molar-refractivity contribution < 1.29 is 8.42 Å². The molecule has 0 atom stereocenters. The van der Waals surface area contributed by atoms with Crippen LogP contribution in [0.3, 0.4) is 0 Å². The summed E-state index contributed by atoms with van der Waals surface area (Å²) in [5.74, 6) is -0.213. The summed E-state index contributed by atoms with van der Waals surface area (Å²) in [5.41, 5.74) is 0.461. The summed E-state index contributed by atoms with van der Waals surface area (Å²) in [6.07, 6.45) is 1.53. The van der Waals surface area contributed by atoms with Crippen molar-refractivity contribution in [3.8, 4) is 0 Å². The van der Waals surface area contributed by atoms with Gasteiger partial charge in [0.15, 0.2) is 0 Å². The lowest BCUT2D eigenvalue weighted by Gasteiger charge is -1.93. The first kappa shape index (κ1) is 8.49. The first-order valence-corrected chi connectivity index (χ1v) is 5.38. The monoisotopic (exact) mass is 191 g/mol. The molecule has 0 N–H and O–H groups in total. The fraction of sp³-hybridized carbons (Fsp3) is 0.167. The molecule has 0 aromatic carbocycles. The molecular formula is C6H6ClNO2S. The Labute approximate surface area is 69.4 Å². The summed E-state index contributed by atoms with van der Waals surface area (Å²) in [6.45, 7) is 0. The van der Waals surface area contributed by atoms with E-state index in [0.717, 1.165) is 0 Å². The number of rotatable bonds is 2. The standard InChI is InChI=1S/C6H6ClNO2S/c7-11(9,10)5-6-3-1-2-4-8-6/h1-4H,5H2. The van der Waals surface area contributed by atoms with Gasteiger partial charge in [0, 0.05) is 16.9 Å². The molecule has 0 spiro atoms. The predicted octanol–water partition coefficient (Wildman–Crippen LogP) is 1.15. The fourth-order valence-electron chi connectivity index (χ4n) is 0.660. The van der Waals surface area contributed by atoms with E-state index in [4.69, 9.17) is 10.7 Å². The van der Waals surface area contributed by atoms with Crippen LogP contribution in [0.5, 0.6) is 0 Å². The van der Waals surface area contributed by atoms with Gasteiger partial charge in [-0.05, 0) is 12.1 Å². The van der Waals surface area contributed by atoms with Gasteiger partial charge in [0.2, 0.25) is 9.05 Å². The van der Waals surface area contributed by atoms with Gasteiger partial charge in [-0.25, -0.2) is 8.42 Å². The molecule has 1 aromatic heterocycles. The maximum Gasteiger partial charge on any atom is 0.238 e. The predicted molar refractivity (Wildman–Crippen MR) is 42.7 cm³/mol. The molecule has 3 nitrogen and oxygen atoms in total. The number of hydrogen-bond donors (Lipinski definition) is 0. The Kier molecular flexibility index (Phi) is 2.46. The van der Waals surface area contributed by atoms with E-state index in [9.17, 15) is 8.42 Å². The van der Waals surface area contributed by atoms with Crippen LogP contribution in [0.25, 0.3) is 0 Å². The van der Waals surface area contributed by atoms with Crippen molar-refractivity contribution in [2.75, 3.05) is 0 Å². The second-order valence-corrected chi connectivity index (χ2v) is 4.78. The number of aromatic nitrogens is 1. The Morgan fingerprint density at radius 1 is 1.45 bits per heavy atom. The van der Waals surface area contributed by atoms with E-state index in [1.807, 2.05) is 0 Å². The van der Waals surface area contributed by atoms with Crippen molar-refractivity contribution in [1.29, 1.82) is 0 Å². The summed E-state index contributed by atoms with van der Waals surface area (Å²) in [4.78, 5) is 3.80. The molecule has 5 heteroatoms. The average molecular weight is 192 g/mol. The van der Waals surface area contributed by atoms with Crippen molar-refractivity contribution in [2.24, 2.45) is 0 Å². The van der Waals surface area contributed by atoms with Gasteiger partial charge in [-0.1, -0.05) is 6.07 Å². The molecule has 0 saturated heterocycles. The zero-order valence-corrected chi connectivity index (χ0v) is 7.14. The summed E-state index contributed by atoms with van der Waals surface area (Å²) in [7, 11) is 1.53. The number of pyridine rings is 1. The molecule has 1 rings (SSSR count). The van der Waals surface area contributed by atoms with Crippen LogP contribution < -0.4 is 0 Å². The van der Waals surface area contributed by atoms with Crippen molar-refractivity contribution in [3.63, 3.8) is 0 Å². The Balaban J connectivity index is 2.82. The maximum atomic E-state index is 10.5. The minimum absolute atomic E-state index is 0.213. The topological polar surface area (TPSA) is 47.0 Å². The van der Waals surface area contributed by atoms with Crippen molar-refractivity contribution >= 4 is 19.7 Å². The molecule has 0 saturated carbocycles. The van der Waals surface area contributed by atoms with E-state index in [-0.39, 0.29) is 5.75 Å². The molecule has 0 fully saturated rings. The van der Waals surface area contributed by atoms with Crippen LogP contribution in [0.1, 0.15) is 5.69 Å². The normalized spacial score (nSPS) is 11.4. The van der Waals surface area contributed by atoms with Crippen molar-refractivity contribution in [2.45, 2.75) is 5.75 Å². The first-order valence-electron chi connectivity index (χ1n) is 2.90. The molecule has 0 bridgehead atoms. The fourth-order valence-corrected chi connectivity index (χ4v) is 1.52. The number of hydrogen-bond acceptors (Lipinski definition) is 3. The van der Waals surface area contributed by atoms with Crippen LogP contribution in [-0.2, 0) is 14.8 Å². The minimum Gasteiger partial charge on any atom is -0.260 e. The molecule has 0 aliphatic heterocycles. The molecule has 0 aliphatic rings. The van der Waals surface area contributed by atoms with Crippen LogP contribution in [-0.4, -0.2) is 13.4 Å². The number of nitrogens with zero attached hydrogens (tertiary/aromatic N) is 1. The van der Waals surface area contributed by atoms with Crippen LogP contribution in [0, 0.1) is 0 Å². The van der Waals surface area contributed by atoms with Crippen molar-refractivity contribution in [3.05, 3.63) is 30.1 Å². The van der Waals surface area contributed by atoms with E-state index in [1.54, 1.807) is 18.2 Å². The van der Waals surface area contributed by atoms with Crippen LogP contribution in [0.4, 0.5) is 0 Å². The van der Waals surface area contributed by atoms with Gasteiger partial charge in [0.05, 0.1) is 5.69 Å². The second-order valence-electron chi connectivity index (χ2n) is 2.00. The Morgan fingerprint density at radius 3 is 2.64 bits per heavy atom. The summed E-state index contributed by atoms with van der Waals surface area (Å²) < 4.78 is 21.1. The molecule has 60 valence electrons. The van der Waals surface area contributed by atoms with Crippen molar-refractivity contribution in [1.82, 2.24) is 4.98 Å². The molecule has 0 aliphatic carbocycles. The van der Waals surface area contributed by atoms with E-state index in [2.05, 4.69) is 4.98 Å². The number of halogens is 1. The minimum atomic E-state index is -3.47. The zero-order chi connectivity index (χ0) is 8.32. The lowest BCUT2D eigenvalue weighted by Crippen LogP contribution is -1.96. The van der Waals surface area contributed by atoms with Crippen LogP contribution >= 0.6 is 10.7 Å². The zero-order valence-electron chi connectivity index (χ0n) is 5.57. The molecule has 11 heavy (non-hydrogen) atoms. The van der Waals surface area contributed by atoms with E-state index in [0.29, 0.717) is 5.69 Å². The molecule has 0 amide bonds. The molecule has 0 unspecified atom stereocenters. The Hall–Kier alpha value is -0.610. The SMILES string of the molecule is O=S(=O)(Cl)Cc1ccccn1. The van der Waals surface area contributed by atoms with E-state index >= 15 is 0 Å². The third kappa shape index (κ3) is 3.34. The molecular weight excluding hydrogens is 186 g/mol. The smallest absolute Gasteiger partial charge is 0.238 e. The van der Waals surface area contributed by atoms with Gasteiger partial charge in [-0.3, -0.25) is 4.98 Å². The maximum absolute atomic E-state index is 10.5. The average Bonchev–Trinajstić information content (AvgIpc) is 1.85. The molecule has 0 radical (unpaired) electrons. The lowest BCUT2D eigenvalue weighted by atomic mass is 10.4. The highest BCUT2D eigenvalue weighted by Crippen LogP contribution is 2.05. The van der Waals surface area contributed by atoms with Gasteiger partial charge in [0.1, 0.15) is 5.75 Å². The van der Waals surface area contributed by atoms with Gasteiger partial charge in [-0.2, -0.15) is 0 Å². The van der Waals surface area contributed by atoms with E-state index < -0.39 is 9.05 Å². The second kappa shape index (κ2) is 3.19. The molecule has 1 aromatic rings. The molecule has 1 heterocycles. The third-order valence-electron chi connectivity index (χ3n) is 1.05.